The van der Waals surface area contributed by atoms with E-state index in [4.69, 9.17) is 23.2 Å². The predicted octanol–water partition coefficient (Wildman–Crippen LogP) is 4.99. The van der Waals surface area contributed by atoms with Gasteiger partial charge in [-0.1, -0.05) is 47.5 Å². The van der Waals surface area contributed by atoms with Crippen molar-refractivity contribution in [3.63, 3.8) is 0 Å². The molecular formula is C23H20Cl2N4O3. The molecule has 0 radical (unpaired) electrons. The predicted molar refractivity (Wildman–Crippen MR) is 123 cm³/mol. The van der Waals surface area contributed by atoms with Crippen molar-refractivity contribution in [1.29, 1.82) is 0 Å². The van der Waals surface area contributed by atoms with Gasteiger partial charge < -0.3 is 15.3 Å². The third-order valence-electron chi connectivity index (χ3n) is 5.27. The summed E-state index contributed by atoms with van der Waals surface area (Å²) in [6.45, 7) is 0.722. The highest BCUT2D eigenvalue weighted by Crippen LogP contribution is 2.30. The molecule has 2 heterocycles. The molecule has 1 unspecified atom stereocenters. The van der Waals surface area contributed by atoms with E-state index in [2.05, 4.69) is 15.3 Å². The summed E-state index contributed by atoms with van der Waals surface area (Å²) in [5, 5.41) is 13.3. The SMILES string of the molecule is O=C(NC1CCCN(C(=O)O)C1)c1cnc(-c2ccc(Cl)cc2)c(-c2ccc(Cl)cc2)n1. The van der Waals surface area contributed by atoms with Gasteiger partial charge in [0, 0.05) is 40.3 Å². The highest BCUT2D eigenvalue weighted by Gasteiger charge is 2.25. The van der Waals surface area contributed by atoms with Crippen molar-refractivity contribution in [3.05, 3.63) is 70.5 Å². The number of carboxylic acid groups (broad SMARTS) is 1. The number of carbonyl (C=O) groups excluding carboxylic acids is 1. The van der Waals surface area contributed by atoms with Crippen LogP contribution in [0.2, 0.25) is 10.0 Å². The van der Waals surface area contributed by atoms with Crippen molar-refractivity contribution in [3.8, 4) is 22.5 Å². The smallest absolute Gasteiger partial charge is 0.407 e. The van der Waals surface area contributed by atoms with Gasteiger partial charge in [-0.3, -0.25) is 9.78 Å². The van der Waals surface area contributed by atoms with Gasteiger partial charge in [0.05, 0.1) is 17.6 Å². The Kier molecular flexibility index (Phi) is 6.58. The monoisotopic (exact) mass is 470 g/mol. The summed E-state index contributed by atoms with van der Waals surface area (Å²) in [5.74, 6) is -0.396. The van der Waals surface area contributed by atoms with Gasteiger partial charge in [-0.25, -0.2) is 9.78 Å². The topological polar surface area (TPSA) is 95.4 Å². The van der Waals surface area contributed by atoms with Crippen molar-refractivity contribution < 1.29 is 14.7 Å². The molecule has 9 heteroatoms. The van der Waals surface area contributed by atoms with Gasteiger partial charge in [0.15, 0.2) is 0 Å². The lowest BCUT2D eigenvalue weighted by molar-refractivity contribution is 0.0883. The summed E-state index contributed by atoms with van der Waals surface area (Å²) in [6.07, 6.45) is 1.84. The van der Waals surface area contributed by atoms with Crippen LogP contribution in [0.25, 0.3) is 22.5 Å². The molecule has 0 saturated carbocycles. The maximum Gasteiger partial charge on any atom is 0.407 e. The van der Waals surface area contributed by atoms with Crippen LogP contribution in [0.1, 0.15) is 23.3 Å². The second kappa shape index (κ2) is 9.54. The van der Waals surface area contributed by atoms with Gasteiger partial charge in [-0.15, -0.1) is 0 Å². The van der Waals surface area contributed by atoms with E-state index < -0.39 is 12.0 Å². The van der Waals surface area contributed by atoms with Crippen molar-refractivity contribution >= 4 is 35.2 Å². The van der Waals surface area contributed by atoms with Gasteiger partial charge >= 0.3 is 6.09 Å². The number of amides is 2. The lowest BCUT2D eigenvalue weighted by Crippen LogP contribution is -2.49. The molecule has 32 heavy (non-hydrogen) atoms. The van der Waals surface area contributed by atoms with E-state index in [1.54, 1.807) is 24.3 Å². The molecule has 2 amide bonds. The lowest BCUT2D eigenvalue weighted by Gasteiger charge is -2.31. The molecule has 2 aromatic carbocycles. The largest absolute Gasteiger partial charge is 0.465 e. The standard InChI is InChI=1S/C23H20Cl2N4O3/c24-16-7-3-14(4-8-16)20-21(15-5-9-17(25)10-6-15)28-19(12-26-20)22(30)27-18-2-1-11-29(13-18)23(31)32/h3-10,12,18H,1-2,11,13H2,(H,27,30)(H,31,32). The van der Waals surface area contributed by atoms with E-state index >= 15 is 0 Å². The van der Waals surface area contributed by atoms with Crippen LogP contribution in [0.3, 0.4) is 0 Å². The number of nitrogens with zero attached hydrogens (tertiary/aromatic N) is 3. The van der Waals surface area contributed by atoms with Crippen molar-refractivity contribution in [1.82, 2.24) is 20.2 Å². The van der Waals surface area contributed by atoms with Crippen LogP contribution in [0, 0.1) is 0 Å². The summed E-state index contributed by atoms with van der Waals surface area (Å²) < 4.78 is 0. The molecule has 0 bridgehead atoms. The second-order valence-corrected chi connectivity index (χ2v) is 8.38. The van der Waals surface area contributed by atoms with Gasteiger partial charge in [0.2, 0.25) is 0 Å². The number of likely N-dealkylation sites (tertiary alicyclic amines) is 1. The molecule has 164 valence electrons. The number of nitrogens with one attached hydrogen (secondary N) is 1. The number of rotatable bonds is 4. The molecular weight excluding hydrogens is 451 g/mol. The fourth-order valence-electron chi connectivity index (χ4n) is 3.65. The molecule has 1 aliphatic heterocycles. The average molecular weight is 471 g/mol. The first-order chi connectivity index (χ1) is 15.4. The third-order valence-corrected chi connectivity index (χ3v) is 5.77. The zero-order chi connectivity index (χ0) is 22.7. The Morgan fingerprint density at radius 1 is 0.969 bits per heavy atom. The van der Waals surface area contributed by atoms with E-state index in [0.717, 1.165) is 11.1 Å². The summed E-state index contributed by atoms with van der Waals surface area (Å²) >= 11 is 12.1. The van der Waals surface area contributed by atoms with E-state index in [1.165, 1.54) is 11.1 Å². The van der Waals surface area contributed by atoms with Crippen LogP contribution < -0.4 is 5.32 Å². The van der Waals surface area contributed by atoms with Gasteiger partial charge in [-0.2, -0.15) is 0 Å². The molecule has 2 N–H and O–H groups in total. The number of halogens is 2. The van der Waals surface area contributed by atoms with Crippen molar-refractivity contribution in [2.45, 2.75) is 18.9 Å². The van der Waals surface area contributed by atoms with Gasteiger partial charge in [0.1, 0.15) is 5.69 Å². The van der Waals surface area contributed by atoms with Crippen molar-refractivity contribution in [2.75, 3.05) is 13.1 Å². The molecule has 1 aliphatic rings. The average Bonchev–Trinajstić information content (AvgIpc) is 2.80. The molecule has 4 rings (SSSR count). The number of hydrogen-bond acceptors (Lipinski definition) is 4. The molecule has 1 aromatic heterocycles. The number of aromatic nitrogens is 2. The minimum atomic E-state index is -0.985. The second-order valence-electron chi connectivity index (χ2n) is 7.51. The summed E-state index contributed by atoms with van der Waals surface area (Å²) in [7, 11) is 0. The van der Waals surface area contributed by atoms with Crippen LogP contribution in [-0.4, -0.2) is 51.1 Å². The Balaban J connectivity index is 1.65. The number of hydrogen-bond donors (Lipinski definition) is 2. The van der Waals surface area contributed by atoms with Crippen molar-refractivity contribution in [2.24, 2.45) is 0 Å². The maximum absolute atomic E-state index is 12.9. The molecule has 0 aliphatic carbocycles. The van der Waals surface area contributed by atoms with Gasteiger partial charge in [0.25, 0.3) is 5.91 Å². The fourth-order valence-corrected chi connectivity index (χ4v) is 3.91. The van der Waals surface area contributed by atoms with E-state index in [9.17, 15) is 14.7 Å². The zero-order valence-electron chi connectivity index (χ0n) is 17.0. The van der Waals surface area contributed by atoms with E-state index in [1.807, 2.05) is 24.3 Å². The molecule has 3 aromatic rings. The van der Waals surface area contributed by atoms with E-state index in [0.29, 0.717) is 40.8 Å². The maximum atomic E-state index is 12.9. The van der Waals surface area contributed by atoms with Crippen LogP contribution >= 0.6 is 23.2 Å². The first-order valence-corrected chi connectivity index (χ1v) is 10.8. The highest BCUT2D eigenvalue weighted by atomic mass is 35.5. The van der Waals surface area contributed by atoms with Crippen LogP contribution in [0.5, 0.6) is 0 Å². The first-order valence-electron chi connectivity index (χ1n) is 10.1. The number of benzene rings is 2. The quantitative estimate of drug-likeness (QED) is 0.559. The zero-order valence-corrected chi connectivity index (χ0v) is 18.5. The lowest BCUT2D eigenvalue weighted by atomic mass is 10.0. The molecule has 1 saturated heterocycles. The summed E-state index contributed by atoms with van der Waals surface area (Å²) in [5.41, 5.74) is 2.86. The third kappa shape index (κ3) is 5.00. The number of piperidine rings is 1. The highest BCUT2D eigenvalue weighted by molar-refractivity contribution is 6.31. The summed E-state index contributed by atoms with van der Waals surface area (Å²) in [4.78, 5) is 34.6. The fraction of sp³-hybridized carbons (Fsp3) is 0.217. The van der Waals surface area contributed by atoms with Crippen LogP contribution in [-0.2, 0) is 0 Å². The Morgan fingerprint density at radius 3 is 2.16 bits per heavy atom. The first kappa shape index (κ1) is 22.0. The Hall–Kier alpha value is -3.16. The normalized spacial score (nSPS) is 15.9. The number of carbonyl (C=O) groups is 2. The van der Waals surface area contributed by atoms with E-state index in [-0.39, 0.29) is 18.3 Å². The minimum Gasteiger partial charge on any atom is -0.465 e. The van der Waals surface area contributed by atoms with Crippen LogP contribution in [0.4, 0.5) is 4.79 Å². The van der Waals surface area contributed by atoms with Gasteiger partial charge in [-0.05, 0) is 37.1 Å². The molecule has 0 spiro atoms. The molecule has 1 atom stereocenters. The molecule has 7 nitrogen and oxygen atoms in total. The Labute approximate surface area is 195 Å². The Morgan fingerprint density at radius 2 is 1.56 bits per heavy atom. The molecule has 1 fully saturated rings. The summed E-state index contributed by atoms with van der Waals surface area (Å²) in [6, 6.07) is 14.1. The minimum absolute atomic E-state index is 0.153. The Bertz CT molecular complexity index is 1140. The van der Waals surface area contributed by atoms with Crippen LogP contribution in [0.15, 0.2) is 54.7 Å².